The van der Waals surface area contributed by atoms with Gasteiger partial charge in [0.1, 0.15) is 29.2 Å². The average molecular weight is 689 g/mol. The van der Waals surface area contributed by atoms with Crippen LogP contribution in [-0.4, -0.2) is 58.2 Å². The van der Waals surface area contributed by atoms with Crippen LogP contribution in [-0.2, 0) is 9.53 Å². The maximum Gasteiger partial charge on any atom is 0.311 e. The fraction of sp³-hybridized carbons (Fsp3) is 0.175. The summed E-state index contributed by atoms with van der Waals surface area (Å²) in [5.74, 6) is 2.68. The largest absolute Gasteiger partial charge is 0.464 e. The second-order valence-corrected chi connectivity index (χ2v) is 14.3. The standard InChI is InChI=1S/C40H32N8O2S/c1-4-40(2,3)39(49)50-19-20-51-22-17-18-29-30(21-22)38-47-36-28-16-10-9-15-27(28)34(45-36)43-32-24-12-6-5-11-23(24)31(41-32)42-33-25-13-7-8-14-26(25)35(44-33)46-37(29)48-38/h5-18,21H,4,19-20H2,1-3H3,(H2,41,42,43,44,45,46,47,48). The summed E-state index contributed by atoms with van der Waals surface area (Å²) in [6.45, 7) is 6.14. The van der Waals surface area contributed by atoms with Crippen molar-refractivity contribution in [1.82, 2.24) is 39.9 Å². The van der Waals surface area contributed by atoms with Crippen LogP contribution in [0.25, 0.3) is 89.7 Å². The molecule has 0 unspecified atom stereocenters. The molecule has 0 amide bonds. The molecule has 250 valence electrons. The van der Waals surface area contributed by atoms with Crippen LogP contribution in [0.1, 0.15) is 27.2 Å². The van der Waals surface area contributed by atoms with Crippen molar-refractivity contribution >= 4 is 61.9 Å². The van der Waals surface area contributed by atoms with Crippen LogP contribution in [0.2, 0.25) is 0 Å². The molecule has 0 atom stereocenters. The molecule has 0 radical (unpaired) electrons. The second kappa shape index (κ2) is 12.1. The van der Waals surface area contributed by atoms with E-state index in [0.29, 0.717) is 58.2 Å². The lowest BCUT2D eigenvalue weighted by Gasteiger charge is -2.20. The van der Waals surface area contributed by atoms with Gasteiger partial charge in [0.2, 0.25) is 0 Å². The number of aromatic nitrogens is 8. The summed E-state index contributed by atoms with van der Waals surface area (Å²) in [7, 11) is 0. The third kappa shape index (κ3) is 5.41. The highest BCUT2D eigenvalue weighted by Gasteiger charge is 2.27. The van der Waals surface area contributed by atoms with E-state index in [1.165, 1.54) is 0 Å². The zero-order chi connectivity index (χ0) is 34.7. The van der Waals surface area contributed by atoms with E-state index >= 15 is 0 Å². The van der Waals surface area contributed by atoms with E-state index in [1.807, 2.05) is 99.6 Å². The number of ether oxygens (including phenoxy) is 1. The molecule has 2 N–H and O–H groups in total. The lowest BCUT2D eigenvalue weighted by molar-refractivity contribution is -0.153. The van der Waals surface area contributed by atoms with Crippen LogP contribution < -0.4 is 0 Å². The van der Waals surface area contributed by atoms with E-state index in [4.69, 9.17) is 34.6 Å². The molecule has 2 aliphatic rings. The van der Waals surface area contributed by atoms with Crippen molar-refractivity contribution in [1.29, 1.82) is 0 Å². The number of fused-ring (bicyclic) bond motifs is 20. The van der Waals surface area contributed by atoms with E-state index in [9.17, 15) is 4.79 Å². The van der Waals surface area contributed by atoms with E-state index < -0.39 is 5.41 Å². The van der Waals surface area contributed by atoms with Gasteiger partial charge in [0.05, 0.1) is 5.41 Å². The summed E-state index contributed by atoms with van der Waals surface area (Å²) in [5.41, 5.74) is 5.64. The molecule has 5 heterocycles. The molecule has 11 heteroatoms. The van der Waals surface area contributed by atoms with Crippen molar-refractivity contribution in [3.63, 3.8) is 0 Å². The number of thioether (sulfide) groups is 1. The van der Waals surface area contributed by atoms with Gasteiger partial charge in [0, 0.05) is 54.4 Å². The lowest BCUT2D eigenvalue weighted by atomic mass is 9.91. The fourth-order valence-corrected chi connectivity index (χ4v) is 7.11. The summed E-state index contributed by atoms with van der Waals surface area (Å²) in [6.07, 6.45) is 0.724. The summed E-state index contributed by atoms with van der Waals surface area (Å²) in [4.78, 5) is 50.8. The number of nitrogens with one attached hydrogen (secondary N) is 2. The normalized spacial score (nSPS) is 12.2. The predicted molar refractivity (Wildman–Crippen MR) is 202 cm³/mol. The maximum atomic E-state index is 12.5. The number of carbonyl (C=O) groups excluding carboxylic acids is 1. The quantitative estimate of drug-likeness (QED) is 0.0997. The first kappa shape index (κ1) is 31.1. The predicted octanol–water partition coefficient (Wildman–Crippen LogP) is 8.94. The van der Waals surface area contributed by atoms with Gasteiger partial charge in [-0.3, -0.25) is 4.79 Å². The van der Waals surface area contributed by atoms with Gasteiger partial charge >= 0.3 is 5.97 Å². The highest BCUT2D eigenvalue weighted by molar-refractivity contribution is 7.99. The van der Waals surface area contributed by atoms with Gasteiger partial charge in [-0.05, 0) is 38.5 Å². The third-order valence-corrected chi connectivity index (χ3v) is 10.5. The molecule has 2 aliphatic heterocycles. The summed E-state index contributed by atoms with van der Waals surface area (Å²) in [6, 6.07) is 30.3. The molecular weight excluding hydrogens is 657 g/mol. The summed E-state index contributed by atoms with van der Waals surface area (Å²) < 4.78 is 5.59. The Hall–Kier alpha value is -5.94. The van der Waals surface area contributed by atoms with Gasteiger partial charge < -0.3 is 14.7 Å². The Morgan fingerprint density at radius 2 is 1.04 bits per heavy atom. The minimum Gasteiger partial charge on any atom is -0.464 e. The van der Waals surface area contributed by atoms with Crippen LogP contribution in [0.15, 0.2) is 95.9 Å². The molecule has 9 rings (SSSR count). The van der Waals surface area contributed by atoms with E-state index in [1.54, 1.807) is 11.8 Å². The molecule has 4 aromatic carbocycles. The van der Waals surface area contributed by atoms with Crippen molar-refractivity contribution in [2.24, 2.45) is 5.41 Å². The van der Waals surface area contributed by atoms with E-state index in [2.05, 4.69) is 22.1 Å². The van der Waals surface area contributed by atoms with Gasteiger partial charge in [-0.15, -0.1) is 11.8 Å². The Kier molecular flexibility index (Phi) is 7.39. The van der Waals surface area contributed by atoms with Crippen LogP contribution >= 0.6 is 11.8 Å². The zero-order valence-electron chi connectivity index (χ0n) is 28.2. The number of esters is 1. The molecule has 51 heavy (non-hydrogen) atoms. The van der Waals surface area contributed by atoms with Gasteiger partial charge in [-0.25, -0.2) is 29.9 Å². The Balaban J connectivity index is 1.27. The Labute approximate surface area is 296 Å². The van der Waals surface area contributed by atoms with Crippen LogP contribution in [0.5, 0.6) is 0 Å². The van der Waals surface area contributed by atoms with Gasteiger partial charge in [0.25, 0.3) is 0 Å². The number of aromatic amines is 2. The van der Waals surface area contributed by atoms with Gasteiger partial charge in [-0.2, -0.15) is 0 Å². The zero-order valence-corrected chi connectivity index (χ0v) is 29.0. The molecule has 0 fully saturated rings. The molecule has 0 saturated carbocycles. The van der Waals surface area contributed by atoms with Crippen LogP contribution in [0.4, 0.5) is 0 Å². The van der Waals surface area contributed by atoms with Crippen molar-refractivity contribution in [3.05, 3.63) is 91.0 Å². The number of benzene rings is 4. The number of hydrogen-bond acceptors (Lipinski definition) is 9. The van der Waals surface area contributed by atoms with Gasteiger partial charge in [0.15, 0.2) is 23.3 Å². The fourth-order valence-electron chi connectivity index (χ4n) is 6.34. The molecule has 10 nitrogen and oxygen atoms in total. The van der Waals surface area contributed by atoms with Crippen molar-refractivity contribution in [2.75, 3.05) is 12.4 Å². The smallest absolute Gasteiger partial charge is 0.311 e. The van der Waals surface area contributed by atoms with E-state index in [-0.39, 0.29) is 5.97 Å². The molecule has 0 aliphatic carbocycles. The molecule has 8 bridgehead atoms. The molecule has 3 aromatic heterocycles. The van der Waals surface area contributed by atoms with Crippen LogP contribution in [0.3, 0.4) is 0 Å². The molecule has 7 aromatic rings. The Morgan fingerprint density at radius 1 is 0.608 bits per heavy atom. The van der Waals surface area contributed by atoms with Crippen molar-refractivity contribution < 1.29 is 9.53 Å². The van der Waals surface area contributed by atoms with Crippen molar-refractivity contribution in [3.8, 4) is 45.6 Å². The minimum absolute atomic E-state index is 0.177. The summed E-state index contributed by atoms with van der Waals surface area (Å²) >= 11 is 1.62. The van der Waals surface area contributed by atoms with Gasteiger partial charge in [-0.1, -0.05) is 79.7 Å². The first-order valence-corrected chi connectivity index (χ1v) is 17.9. The monoisotopic (exact) mass is 688 g/mol. The molecule has 0 saturated heterocycles. The summed E-state index contributed by atoms with van der Waals surface area (Å²) in [5, 5.41) is 3.64. The SMILES string of the molecule is CCC(C)(C)C(=O)OCCSc1ccc2c3nc4nc(nc5[nH]c(nc6nc(nc([nH]3)c2c1)-c1ccccc1-6)c1ccccc51)-c1ccccc1-4. The molecular formula is C40H32N8O2S. The first-order chi connectivity index (χ1) is 24.9. The number of carbonyl (C=O) groups is 1. The maximum absolute atomic E-state index is 12.5. The van der Waals surface area contributed by atoms with Crippen LogP contribution in [0, 0.1) is 5.41 Å². The average Bonchev–Trinajstić information content (AvgIpc) is 3.89. The number of nitrogens with zero attached hydrogens (tertiary/aromatic N) is 6. The topological polar surface area (TPSA) is 135 Å². The second-order valence-electron chi connectivity index (χ2n) is 13.2. The number of hydrogen-bond donors (Lipinski definition) is 2. The lowest BCUT2D eigenvalue weighted by Crippen LogP contribution is -2.26. The molecule has 0 spiro atoms. The first-order valence-electron chi connectivity index (χ1n) is 16.9. The minimum atomic E-state index is -0.496. The number of H-pyrrole nitrogens is 2. The number of rotatable bonds is 6. The highest BCUT2D eigenvalue weighted by atomic mass is 32.2. The third-order valence-electron chi connectivity index (χ3n) is 9.55. The van der Waals surface area contributed by atoms with E-state index in [0.717, 1.165) is 55.1 Å². The van der Waals surface area contributed by atoms with Crippen molar-refractivity contribution in [2.45, 2.75) is 32.1 Å². The highest BCUT2D eigenvalue weighted by Crippen LogP contribution is 2.37. The Morgan fingerprint density at radius 3 is 1.51 bits per heavy atom. The Bertz CT molecular complexity index is 2710.